The van der Waals surface area contributed by atoms with Gasteiger partial charge in [0.2, 0.25) is 0 Å². The molecule has 114 valence electrons. The zero-order valence-electron chi connectivity index (χ0n) is 11.7. The second-order valence-electron chi connectivity index (χ2n) is 4.89. The van der Waals surface area contributed by atoms with E-state index < -0.39 is 17.7 Å². The van der Waals surface area contributed by atoms with E-state index >= 15 is 0 Å². The Labute approximate surface area is 128 Å². The molecular formula is C15H13F2N3OS. The van der Waals surface area contributed by atoms with Gasteiger partial charge in [0.15, 0.2) is 0 Å². The minimum atomic E-state index is -0.760. The molecule has 2 N–H and O–H groups in total. The molecule has 0 aliphatic heterocycles. The van der Waals surface area contributed by atoms with Crippen LogP contribution in [-0.4, -0.2) is 9.55 Å². The van der Waals surface area contributed by atoms with Crippen LogP contribution in [0, 0.1) is 11.6 Å². The Hall–Kier alpha value is -2.12. The summed E-state index contributed by atoms with van der Waals surface area (Å²) in [6.45, 7) is 1.85. The summed E-state index contributed by atoms with van der Waals surface area (Å²) in [6.07, 6.45) is 0.542. The SMILES string of the molecule is CCC(N)c1nc2ccsc2c(=O)n1-c1cc(F)cc(F)c1. The molecule has 1 atom stereocenters. The van der Waals surface area contributed by atoms with E-state index in [0.29, 0.717) is 22.5 Å². The molecular weight excluding hydrogens is 308 g/mol. The summed E-state index contributed by atoms with van der Waals surface area (Å²) < 4.78 is 28.6. The van der Waals surface area contributed by atoms with Gasteiger partial charge < -0.3 is 5.73 Å². The van der Waals surface area contributed by atoms with Gasteiger partial charge in [-0.15, -0.1) is 11.3 Å². The van der Waals surface area contributed by atoms with Crippen molar-refractivity contribution < 1.29 is 8.78 Å². The lowest BCUT2D eigenvalue weighted by molar-refractivity contribution is 0.576. The van der Waals surface area contributed by atoms with Crippen LogP contribution in [0.5, 0.6) is 0 Å². The fourth-order valence-electron chi connectivity index (χ4n) is 2.28. The number of thiophene rings is 1. The van der Waals surface area contributed by atoms with E-state index in [1.807, 2.05) is 6.92 Å². The Kier molecular flexibility index (Phi) is 3.76. The summed E-state index contributed by atoms with van der Waals surface area (Å²) in [6, 6.07) is 4.16. The van der Waals surface area contributed by atoms with E-state index in [9.17, 15) is 13.6 Å². The van der Waals surface area contributed by atoms with Crippen LogP contribution in [0.3, 0.4) is 0 Å². The summed E-state index contributed by atoms with van der Waals surface area (Å²) in [5.41, 5.74) is 6.29. The zero-order valence-corrected chi connectivity index (χ0v) is 12.5. The van der Waals surface area contributed by atoms with Crippen molar-refractivity contribution in [2.75, 3.05) is 0 Å². The Balaban J connectivity index is 2.39. The van der Waals surface area contributed by atoms with Gasteiger partial charge in [0.25, 0.3) is 5.56 Å². The highest BCUT2D eigenvalue weighted by Gasteiger charge is 2.18. The van der Waals surface area contributed by atoms with Gasteiger partial charge in [0, 0.05) is 6.07 Å². The number of rotatable bonds is 3. The minimum Gasteiger partial charge on any atom is -0.321 e. The zero-order chi connectivity index (χ0) is 15.9. The lowest BCUT2D eigenvalue weighted by atomic mass is 10.2. The average molecular weight is 321 g/mol. The first kappa shape index (κ1) is 14.8. The molecule has 0 fully saturated rings. The van der Waals surface area contributed by atoms with Gasteiger partial charge in [0.05, 0.1) is 17.2 Å². The fraction of sp³-hybridized carbons (Fsp3) is 0.200. The molecule has 2 heterocycles. The first-order chi connectivity index (χ1) is 10.5. The summed E-state index contributed by atoms with van der Waals surface area (Å²) in [5, 5.41) is 1.75. The summed E-state index contributed by atoms with van der Waals surface area (Å²) in [4.78, 5) is 17.1. The van der Waals surface area contributed by atoms with Gasteiger partial charge in [-0.2, -0.15) is 0 Å². The molecule has 2 aromatic heterocycles. The Bertz CT molecular complexity index is 883. The molecule has 1 aromatic carbocycles. The first-order valence-electron chi connectivity index (χ1n) is 6.73. The molecule has 7 heteroatoms. The highest BCUT2D eigenvalue weighted by Crippen LogP contribution is 2.22. The molecule has 0 aliphatic rings. The van der Waals surface area contributed by atoms with Crippen molar-refractivity contribution in [3.63, 3.8) is 0 Å². The predicted molar refractivity (Wildman–Crippen MR) is 82.4 cm³/mol. The van der Waals surface area contributed by atoms with E-state index in [1.54, 1.807) is 11.4 Å². The summed E-state index contributed by atoms with van der Waals surface area (Å²) in [7, 11) is 0. The number of nitrogens with zero attached hydrogens (tertiary/aromatic N) is 2. The second kappa shape index (κ2) is 5.58. The predicted octanol–water partition coefficient (Wildman–Crippen LogP) is 3.14. The third-order valence-electron chi connectivity index (χ3n) is 3.38. The minimum absolute atomic E-state index is 0.0872. The van der Waals surface area contributed by atoms with Crippen LogP contribution < -0.4 is 11.3 Å². The summed E-state index contributed by atoms with van der Waals surface area (Å²) in [5.74, 6) is -1.23. The topological polar surface area (TPSA) is 60.9 Å². The van der Waals surface area contributed by atoms with Crippen molar-refractivity contribution >= 4 is 21.6 Å². The fourth-order valence-corrected chi connectivity index (χ4v) is 3.04. The van der Waals surface area contributed by atoms with Gasteiger partial charge in [-0.25, -0.2) is 13.8 Å². The van der Waals surface area contributed by atoms with E-state index in [2.05, 4.69) is 4.98 Å². The molecule has 0 saturated carbocycles. The molecule has 0 radical (unpaired) electrons. The van der Waals surface area contributed by atoms with Crippen LogP contribution in [0.15, 0.2) is 34.4 Å². The van der Waals surface area contributed by atoms with E-state index in [0.717, 1.165) is 18.2 Å². The second-order valence-corrected chi connectivity index (χ2v) is 5.80. The molecule has 1 unspecified atom stereocenters. The summed E-state index contributed by atoms with van der Waals surface area (Å²) >= 11 is 1.24. The van der Waals surface area contributed by atoms with Crippen molar-refractivity contribution in [1.82, 2.24) is 9.55 Å². The van der Waals surface area contributed by atoms with Crippen LogP contribution in [0.25, 0.3) is 15.9 Å². The molecule has 0 amide bonds. The molecule has 4 nitrogen and oxygen atoms in total. The van der Waals surface area contributed by atoms with Crippen molar-refractivity contribution in [3.8, 4) is 5.69 Å². The third-order valence-corrected chi connectivity index (χ3v) is 4.27. The number of aromatic nitrogens is 2. The molecule has 0 saturated heterocycles. The number of halogens is 2. The van der Waals surface area contributed by atoms with Crippen molar-refractivity contribution in [2.24, 2.45) is 5.73 Å². The molecule has 0 bridgehead atoms. The first-order valence-corrected chi connectivity index (χ1v) is 7.61. The standard InChI is InChI=1S/C15H13F2N3OS/c1-2-11(18)14-19-12-3-4-22-13(12)15(21)20(14)10-6-8(16)5-9(17)7-10/h3-7,11H,2,18H2,1H3. The van der Waals surface area contributed by atoms with Crippen LogP contribution in [0.4, 0.5) is 8.78 Å². The molecule has 22 heavy (non-hydrogen) atoms. The largest absolute Gasteiger partial charge is 0.321 e. The number of benzene rings is 1. The Morgan fingerprint density at radius 3 is 2.64 bits per heavy atom. The van der Waals surface area contributed by atoms with Crippen molar-refractivity contribution in [3.05, 3.63) is 57.5 Å². The van der Waals surface area contributed by atoms with Crippen LogP contribution in [0.2, 0.25) is 0 Å². The average Bonchev–Trinajstić information content (AvgIpc) is 2.93. The molecule has 3 aromatic rings. The van der Waals surface area contributed by atoms with Crippen LogP contribution >= 0.6 is 11.3 Å². The maximum Gasteiger partial charge on any atom is 0.276 e. The van der Waals surface area contributed by atoms with E-state index in [4.69, 9.17) is 5.73 Å². The number of nitrogens with two attached hydrogens (primary N) is 1. The molecule has 0 spiro atoms. The van der Waals surface area contributed by atoms with Crippen LogP contribution in [0.1, 0.15) is 25.2 Å². The van der Waals surface area contributed by atoms with Crippen LogP contribution in [-0.2, 0) is 0 Å². The van der Waals surface area contributed by atoms with Gasteiger partial charge in [0.1, 0.15) is 22.2 Å². The highest BCUT2D eigenvalue weighted by atomic mass is 32.1. The van der Waals surface area contributed by atoms with E-state index in [-0.39, 0.29) is 11.2 Å². The van der Waals surface area contributed by atoms with E-state index in [1.165, 1.54) is 15.9 Å². The normalized spacial score (nSPS) is 12.7. The maximum atomic E-state index is 13.5. The monoisotopic (exact) mass is 321 g/mol. The Morgan fingerprint density at radius 2 is 2.00 bits per heavy atom. The third kappa shape index (κ3) is 2.42. The quantitative estimate of drug-likeness (QED) is 0.806. The van der Waals surface area contributed by atoms with Gasteiger partial charge in [-0.05, 0) is 30.0 Å². The van der Waals surface area contributed by atoms with Gasteiger partial charge in [-0.3, -0.25) is 9.36 Å². The Morgan fingerprint density at radius 1 is 1.32 bits per heavy atom. The number of hydrogen-bond donors (Lipinski definition) is 1. The lowest BCUT2D eigenvalue weighted by Gasteiger charge is -2.16. The van der Waals surface area contributed by atoms with Crippen molar-refractivity contribution in [1.29, 1.82) is 0 Å². The smallest absolute Gasteiger partial charge is 0.276 e. The highest BCUT2D eigenvalue weighted by molar-refractivity contribution is 7.17. The lowest BCUT2D eigenvalue weighted by Crippen LogP contribution is -2.27. The van der Waals surface area contributed by atoms with Crippen molar-refractivity contribution in [2.45, 2.75) is 19.4 Å². The molecule has 0 aliphatic carbocycles. The number of fused-ring (bicyclic) bond motifs is 1. The molecule has 3 rings (SSSR count). The van der Waals surface area contributed by atoms with Gasteiger partial charge >= 0.3 is 0 Å². The maximum absolute atomic E-state index is 13.5. The van der Waals surface area contributed by atoms with Gasteiger partial charge in [-0.1, -0.05) is 6.92 Å². The number of hydrogen-bond acceptors (Lipinski definition) is 4.